The van der Waals surface area contributed by atoms with Crippen LogP contribution in [0.1, 0.15) is 33.3 Å². The van der Waals surface area contributed by atoms with E-state index in [1.807, 2.05) is 45.9 Å². The summed E-state index contributed by atoms with van der Waals surface area (Å²) in [6.45, 7) is 10.0. The first-order chi connectivity index (χ1) is 13.8. The first kappa shape index (κ1) is 21.0. The van der Waals surface area contributed by atoms with Crippen molar-refractivity contribution in [1.82, 2.24) is 14.7 Å². The number of piperazine rings is 1. The molecule has 1 aromatic rings. The number of benzene rings is 1. The summed E-state index contributed by atoms with van der Waals surface area (Å²) >= 11 is 0. The van der Waals surface area contributed by atoms with Crippen molar-refractivity contribution in [2.75, 3.05) is 39.8 Å². The van der Waals surface area contributed by atoms with Crippen LogP contribution < -0.4 is 9.47 Å². The molecule has 0 atom stereocenters. The summed E-state index contributed by atoms with van der Waals surface area (Å²) in [6.07, 6.45) is -0.0336. The molecule has 8 nitrogen and oxygen atoms in total. The van der Waals surface area contributed by atoms with Gasteiger partial charge in [-0.05, 0) is 39.8 Å². The van der Waals surface area contributed by atoms with Crippen molar-refractivity contribution in [1.29, 1.82) is 0 Å². The third-order valence-electron chi connectivity index (χ3n) is 5.02. The van der Waals surface area contributed by atoms with Crippen LogP contribution in [0, 0.1) is 0 Å². The Kier molecular flexibility index (Phi) is 6.30. The molecular formula is C21H30N4O4. The summed E-state index contributed by atoms with van der Waals surface area (Å²) < 4.78 is 11.3. The van der Waals surface area contributed by atoms with Gasteiger partial charge in [0.2, 0.25) is 5.91 Å². The van der Waals surface area contributed by atoms with Crippen LogP contribution in [0.3, 0.4) is 0 Å². The van der Waals surface area contributed by atoms with E-state index in [0.29, 0.717) is 43.5 Å². The lowest BCUT2D eigenvalue weighted by Crippen LogP contribution is -2.57. The Labute approximate surface area is 172 Å². The van der Waals surface area contributed by atoms with Gasteiger partial charge >= 0.3 is 6.03 Å². The number of hydrogen-bond donors (Lipinski definition) is 0. The van der Waals surface area contributed by atoms with E-state index in [9.17, 15) is 9.59 Å². The van der Waals surface area contributed by atoms with Gasteiger partial charge in [0.15, 0.2) is 0 Å². The minimum absolute atomic E-state index is 0.0226. The first-order valence-electron chi connectivity index (χ1n) is 10.1. The monoisotopic (exact) mass is 402 g/mol. The number of hydrogen-bond acceptors (Lipinski definition) is 5. The number of ether oxygens (including phenoxy) is 2. The number of rotatable bonds is 5. The molecule has 0 saturated carbocycles. The maximum absolute atomic E-state index is 13.2. The van der Waals surface area contributed by atoms with Gasteiger partial charge in [0.05, 0.1) is 25.3 Å². The molecule has 0 radical (unpaired) electrons. The molecule has 1 aromatic carbocycles. The molecule has 29 heavy (non-hydrogen) atoms. The molecular weight excluding hydrogens is 372 g/mol. The van der Waals surface area contributed by atoms with Gasteiger partial charge in [-0.15, -0.1) is 0 Å². The Hall–Kier alpha value is -2.77. The topological polar surface area (TPSA) is 74.7 Å². The van der Waals surface area contributed by atoms with E-state index >= 15 is 0 Å². The highest BCUT2D eigenvalue weighted by atomic mass is 16.5. The van der Waals surface area contributed by atoms with E-state index < -0.39 is 0 Å². The summed E-state index contributed by atoms with van der Waals surface area (Å²) in [6, 6.07) is 5.45. The summed E-state index contributed by atoms with van der Waals surface area (Å²) in [4.78, 5) is 35.2. The van der Waals surface area contributed by atoms with E-state index in [1.165, 1.54) is 0 Å². The summed E-state index contributed by atoms with van der Waals surface area (Å²) in [5.41, 5.74) is 0.748. The van der Waals surface area contributed by atoms with Crippen molar-refractivity contribution in [3.8, 4) is 11.5 Å². The zero-order valence-corrected chi connectivity index (χ0v) is 17.8. The summed E-state index contributed by atoms with van der Waals surface area (Å²) in [7, 11) is 1.60. The molecule has 3 amide bonds. The maximum Gasteiger partial charge on any atom is 0.326 e. The Morgan fingerprint density at radius 3 is 2.52 bits per heavy atom. The molecule has 0 spiro atoms. The number of carbonyl (C=O) groups excluding carboxylic acids is 2. The lowest BCUT2D eigenvalue weighted by atomic mass is 10.1. The molecule has 0 bridgehead atoms. The Morgan fingerprint density at radius 2 is 1.90 bits per heavy atom. The second-order valence-corrected chi connectivity index (χ2v) is 7.77. The van der Waals surface area contributed by atoms with Crippen LogP contribution in [-0.2, 0) is 4.79 Å². The fourth-order valence-electron chi connectivity index (χ4n) is 3.60. The minimum atomic E-state index is -0.190. The standard InChI is InChI=1S/C21H30N4O4/c1-14(2)24-11-10-23(13-19(24)26)21(27)25-9-8-22-20(25)17-7-6-16(28-5)12-18(17)29-15(3)4/h6-7,12,14-15H,8-11,13H2,1-5H3. The molecule has 158 valence electrons. The van der Waals surface area contributed by atoms with E-state index in [0.717, 1.165) is 5.56 Å². The highest BCUT2D eigenvalue weighted by molar-refractivity contribution is 6.10. The lowest BCUT2D eigenvalue weighted by molar-refractivity contribution is -0.136. The summed E-state index contributed by atoms with van der Waals surface area (Å²) in [5, 5.41) is 0. The third kappa shape index (κ3) is 4.46. The number of nitrogens with zero attached hydrogens (tertiary/aromatic N) is 4. The van der Waals surface area contributed by atoms with Crippen molar-refractivity contribution in [3.05, 3.63) is 23.8 Å². The zero-order valence-electron chi connectivity index (χ0n) is 17.8. The smallest absolute Gasteiger partial charge is 0.326 e. The molecule has 0 aliphatic carbocycles. The van der Waals surface area contributed by atoms with Crippen LogP contribution in [0.15, 0.2) is 23.2 Å². The quantitative estimate of drug-likeness (QED) is 0.757. The number of carbonyl (C=O) groups is 2. The van der Waals surface area contributed by atoms with Gasteiger partial charge in [-0.3, -0.25) is 14.7 Å². The second-order valence-electron chi connectivity index (χ2n) is 7.77. The van der Waals surface area contributed by atoms with Gasteiger partial charge in [0.1, 0.15) is 23.9 Å². The predicted molar refractivity (Wildman–Crippen MR) is 111 cm³/mol. The SMILES string of the molecule is COc1ccc(C2=NCCN2C(=O)N2CCN(C(C)C)C(=O)C2)c(OC(C)C)c1. The summed E-state index contributed by atoms with van der Waals surface area (Å²) in [5.74, 6) is 1.85. The molecule has 0 N–H and O–H groups in total. The molecule has 3 rings (SSSR count). The first-order valence-corrected chi connectivity index (χ1v) is 10.1. The van der Waals surface area contributed by atoms with Crippen molar-refractivity contribution in [2.45, 2.75) is 39.8 Å². The van der Waals surface area contributed by atoms with Gasteiger partial charge in [-0.2, -0.15) is 0 Å². The number of amidine groups is 1. The van der Waals surface area contributed by atoms with Gasteiger partial charge in [0, 0.05) is 31.7 Å². The highest BCUT2D eigenvalue weighted by Crippen LogP contribution is 2.29. The normalized spacial score (nSPS) is 17.3. The van der Waals surface area contributed by atoms with Crippen LogP contribution in [0.4, 0.5) is 4.79 Å². The van der Waals surface area contributed by atoms with E-state index in [2.05, 4.69) is 4.99 Å². The van der Waals surface area contributed by atoms with Crippen LogP contribution in [0.5, 0.6) is 11.5 Å². The van der Waals surface area contributed by atoms with Gasteiger partial charge in [0.25, 0.3) is 0 Å². The average Bonchev–Trinajstić information content (AvgIpc) is 3.15. The molecule has 2 heterocycles. The Morgan fingerprint density at radius 1 is 1.14 bits per heavy atom. The Bertz CT molecular complexity index is 806. The molecule has 2 aliphatic heterocycles. The molecule has 1 fully saturated rings. The number of methoxy groups -OCH3 is 1. The number of urea groups is 1. The van der Waals surface area contributed by atoms with Crippen LogP contribution >= 0.6 is 0 Å². The van der Waals surface area contributed by atoms with Gasteiger partial charge < -0.3 is 19.3 Å². The van der Waals surface area contributed by atoms with Crippen LogP contribution in [-0.4, -0.2) is 84.5 Å². The molecule has 0 aromatic heterocycles. The molecule has 1 saturated heterocycles. The zero-order chi connectivity index (χ0) is 21.1. The van der Waals surface area contributed by atoms with Gasteiger partial charge in [-0.25, -0.2) is 4.79 Å². The molecule has 0 unspecified atom stereocenters. The molecule has 8 heteroatoms. The predicted octanol–water partition coefficient (Wildman–Crippen LogP) is 2.22. The van der Waals surface area contributed by atoms with Crippen molar-refractivity contribution in [3.63, 3.8) is 0 Å². The average molecular weight is 402 g/mol. The van der Waals surface area contributed by atoms with Gasteiger partial charge in [-0.1, -0.05) is 0 Å². The maximum atomic E-state index is 13.2. The number of aliphatic imine (C=N–C) groups is 1. The van der Waals surface area contributed by atoms with Crippen molar-refractivity contribution >= 4 is 17.8 Å². The fourth-order valence-corrected chi connectivity index (χ4v) is 3.60. The van der Waals surface area contributed by atoms with Crippen molar-refractivity contribution < 1.29 is 19.1 Å². The molecule has 2 aliphatic rings. The van der Waals surface area contributed by atoms with E-state index in [1.54, 1.807) is 21.8 Å². The minimum Gasteiger partial charge on any atom is -0.497 e. The lowest BCUT2D eigenvalue weighted by Gasteiger charge is -2.38. The Balaban J connectivity index is 1.82. The fraction of sp³-hybridized carbons (Fsp3) is 0.571. The number of amides is 3. The second kappa shape index (κ2) is 8.71. The van der Waals surface area contributed by atoms with E-state index in [-0.39, 0.29) is 30.6 Å². The van der Waals surface area contributed by atoms with E-state index in [4.69, 9.17) is 9.47 Å². The van der Waals surface area contributed by atoms with Crippen LogP contribution in [0.2, 0.25) is 0 Å². The van der Waals surface area contributed by atoms with Crippen LogP contribution in [0.25, 0.3) is 0 Å². The largest absolute Gasteiger partial charge is 0.497 e. The third-order valence-corrected chi connectivity index (χ3v) is 5.02. The highest BCUT2D eigenvalue weighted by Gasteiger charge is 2.35. The van der Waals surface area contributed by atoms with Crippen molar-refractivity contribution in [2.24, 2.45) is 4.99 Å².